The summed E-state index contributed by atoms with van der Waals surface area (Å²) in [6.07, 6.45) is 2.42. The fourth-order valence-electron chi connectivity index (χ4n) is 2.84. The van der Waals surface area contributed by atoms with Crippen LogP contribution in [0.2, 0.25) is 10.0 Å². The van der Waals surface area contributed by atoms with Crippen molar-refractivity contribution in [3.63, 3.8) is 0 Å². The smallest absolute Gasteiger partial charge is 0.414 e. The SMILES string of the molecule is CCN(C(=O)OC(C)C)c1c(C(=O)c2cnoc2C2CC2)ccc(Cl)c1Cl. The molecule has 1 fully saturated rings. The molecule has 1 aliphatic carbocycles. The van der Waals surface area contributed by atoms with Crippen LogP contribution in [0.15, 0.2) is 22.9 Å². The number of anilines is 1. The van der Waals surface area contributed by atoms with Crippen LogP contribution >= 0.6 is 23.2 Å². The zero-order valence-corrected chi connectivity index (χ0v) is 16.8. The molecule has 6 nitrogen and oxygen atoms in total. The highest BCUT2D eigenvalue weighted by atomic mass is 35.5. The molecule has 0 unspecified atom stereocenters. The van der Waals surface area contributed by atoms with Gasteiger partial charge >= 0.3 is 6.09 Å². The van der Waals surface area contributed by atoms with E-state index in [0.717, 1.165) is 12.8 Å². The van der Waals surface area contributed by atoms with Crippen LogP contribution in [0.4, 0.5) is 10.5 Å². The largest absolute Gasteiger partial charge is 0.446 e. The molecule has 3 rings (SSSR count). The molecular weight excluding hydrogens is 391 g/mol. The van der Waals surface area contributed by atoms with Crippen LogP contribution in [0.3, 0.4) is 0 Å². The van der Waals surface area contributed by atoms with Gasteiger partial charge in [0, 0.05) is 18.0 Å². The molecule has 0 spiro atoms. The third kappa shape index (κ3) is 3.96. The molecule has 2 aromatic rings. The summed E-state index contributed by atoms with van der Waals surface area (Å²) in [5.74, 6) is 0.471. The summed E-state index contributed by atoms with van der Waals surface area (Å²) in [7, 11) is 0. The van der Waals surface area contributed by atoms with E-state index in [1.807, 2.05) is 0 Å². The quantitative estimate of drug-likeness (QED) is 0.590. The summed E-state index contributed by atoms with van der Waals surface area (Å²) in [5.41, 5.74) is 0.854. The highest BCUT2D eigenvalue weighted by molar-refractivity contribution is 6.44. The van der Waals surface area contributed by atoms with Gasteiger partial charge in [0.25, 0.3) is 0 Å². The third-order valence-electron chi connectivity index (χ3n) is 4.25. The Labute approximate surface area is 167 Å². The van der Waals surface area contributed by atoms with Crippen molar-refractivity contribution in [3.05, 3.63) is 45.3 Å². The van der Waals surface area contributed by atoms with Gasteiger partial charge in [-0.2, -0.15) is 0 Å². The molecule has 1 aromatic carbocycles. The Balaban J connectivity index is 2.08. The minimum Gasteiger partial charge on any atom is -0.446 e. The van der Waals surface area contributed by atoms with Crippen molar-refractivity contribution in [2.24, 2.45) is 0 Å². The topological polar surface area (TPSA) is 72.6 Å². The maximum atomic E-state index is 13.2. The van der Waals surface area contributed by atoms with Crippen LogP contribution in [-0.4, -0.2) is 29.7 Å². The van der Waals surface area contributed by atoms with Crippen molar-refractivity contribution in [2.45, 2.75) is 45.6 Å². The normalized spacial score (nSPS) is 13.7. The summed E-state index contributed by atoms with van der Waals surface area (Å²) in [6.45, 7) is 5.51. The lowest BCUT2D eigenvalue weighted by Crippen LogP contribution is -2.34. The number of carbonyl (C=O) groups is 2. The van der Waals surface area contributed by atoms with Gasteiger partial charge in [0.1, 0.15) is 0 Å². The number of aromatic nitrogens is 1. The molecule has 0 atom stereocenters. The molecule has 0 radical (unpaired) electrons. The maximum absolute atomic E-state index is 13.2. The number of hydrogen-bond donors (Lipinski definition) is 0. The van der Waals surface area contributed by atoms with E-state index in [0.29, 0.717) is 11.3 Å². The molecule has 27 heavy (non-hydrogen) atoms. The number of amides is 1. The number of hydrogen-bond acceptors (Lipinski definition) is 5. The van der Waals surface area contributed by atoms with Crippen molar-refractivity contribution in [2.75, 3.05) is 11.4 Å². The van der Waals surface area contributed by atoms with Gasteiger partial charge in [0.2, 0.25) is 0 Å². The van der Waals surface area contributed by atoms with E-state index in [-0.39, 0.29) is 45.6 Å². The van der Waals surface area contributed by atoms with Gasteiger partial charge in [0.15, 0.2) is 11.5 Å². The van der Waals surface area contributed by atoms with Crippen LogP contribution in [-0.2, 0) is 4.74 Å². The third-order valence-corrected chi connectivity index (χ3v) is 5.04. The molecule has 0 bridgehead atoms. The Hall–Kier alpha value is -2.05. The van der Waals surface area contributed by atoms with Gasteiger partial charge < -0.3 is 9.26 Å². The van der Waals surface area contributed by atoms with E-state index >= 15 is 0 Å². The summed E-state index contributed by atoms with van der Waals surface area (Å²) in [4.78, 5) is 27.1. The molecule has 1 aliphatic rings. The van der Waals surface area contributed by atoms with E-state index < -0.39 is 6.09 Å². The first-order valence-corrected chi connectivity index (χ1v) is 9.56. The average molecular weight is 411 g/mol. The number of nitrogens with zero attached hydrogens (tertiary/aromatic N) is 2. The fourth-order valence-corrected chi connectivity index (χ4v) is 3.25. The van der Waals surface area contributed by atoms with Crippen LogP contribution < -0.4 is 4.90 Å². The summed E-state index contributed by atoms with van der Waals surface area (Å²) < 4.78 is 10.6. The van der Waals surface area contributed by atoms with Crippen LogP contribution in [0.25, 0.3) is 0 Å². The van der Waals surface area contributed by atoms with Crippen molar-refractivity contribution in [3.8, 4) is 0 Å². The predicted molar refractivity (Wildman–Crippen MR) is 103 cm³/mol. The predicted octanol–water partition coefficient (Wildman–Crippen LogP) is 5.46. The highest BCUT2D eigenvalue weighted by Gasteiger charge is 2.34. The Kier molecular flexibility index (Phi) is 5.77. The van der Waals surface area contributed by atoms with Crippen LogP contribution in [0, 0.1) is 0 Å². The molecule has 1 heterocycles. The van der Waals surface area contributed by atoms with Crippen molar-refractivity contribution in [1.29, 1.82) is 0 Å². The number of ether oxygens (including phenoxy) is 1. The summed E-state index contributed by atoms with van der Waals surface area (Å²) in [5, 5.41) is 4.14. The fraction of sp³-hybridized carbons (Fsp3) is 0.421. The van der Waals surface area contributed by atoms with Gasteiger partial charge in [-0.1, -0.05) is 28.4 Å². The molecule has 1 aromatic heterocycles. The highest BCUT2D eigenvalue weighted by Crippen LogP contribution is 2.43. The van der Waals surface area contributed by atoms with Crippen molar-refractivity contribution >= 4 is 40.8 Å². The van der Waals surface area contributed by atoms with Gasteiger partial charge in [-0.3, -0.25) is 9.69 Å². The Morgan fingerprint density at radius 2 is 2.00 bits per heavy atom. The van der Waals surface area contributed by atoms with E-state index in [2.05, 4.69) is 5.16 Å². The zero-order chi connectivity index (χ0) is 19.7. The molecule has 0 saturated heterocycles. The Bertz CT molecular complexity index is 875. The second-order valence-electron chi connectivity index (χ2n) is 6.64. The molecule has 1 saturated carbocycles. The van der Waals surface area contributed by atoms with Crippen LogP contribution in [0.5, 0.6) is 0 Å². The molecule has 0 aliphatic heterocycles. The molecule has 144 valence electrons. The lowest BCUT2D eigenvalue weighted by atomic mass is 10.00. The summed E-state index contributed by atoms with van der Waals surface area (Å²) >= 11 is 12.6. The monoisotopic (exact) mass is 410 g/mol. The maximum Gasteiger partial charge on any atom is 0.414 e. The van der Waals surface area contributed by atoms with Crippen LogP contribution in [0.1, 0.15) is 61.2 Å². The van der Waals surface area contributed by atoms with Gasteiger partial charge in [0.05, 0.1) is 33.6 Å². The first-order valence-electron chi connectivity index (χ1n) is 8.80. The van der Waals surface area contributed by atoms with Crippen molar-refractivity contribution in [1.82, 2.24) is 5.16 Å². The number of carbonyl (C=O) groups excluding carboxylic acids is 2. The Morgan fingerprint density at radius 3 is 2.59 bits per heavy atom. The summed E-state index contributed by atoms with van der Waals surface area (Å²) in [6, 6.07) is 3.09. The number of benzene rings is 1. The minimum atomic E-state index is -0.599. The van der Waals surface area contributed by atoms with E-state index in [1.165, 1.54) is 17.2 Å². The van der Waals surface area contributed by atoms with Gasteiger partial charge in [-0.05, 0) is 45.7 Å². The molecule has 1 amide bonds. The van der Waals surface area contributed by atoms with Crippen molar-refractivity contribution < 1.29 is 18.8 Å². The molecule has 8 heteroatoms. The lowest BCUT2D eigenvalue weighted by molar-refractivity contribution is 0.103. The number of halogens is 2. The first-order chi connectivity index (χ1) is 12.8. The second-order valence-corrected chi connectivity index (χ2v) is 7.43. The standard InChI is InChI=1S/C19H20Cl2N2O4/c1-4-23(19(25)26-10(2)3)16-12(7-8-14(20)15(16)21)17(24)13-9-22-27-18(13)11-5-6-11/h7-11H,4-6H2,1-3H3. The average Bonchev–Trinajstić information content (AvgIpc) is 3.34. The minimum absolute atomic E-state index is 0.120. The van der Waals surface area contributed by atoms with Gasteiger partial charge in [-0.25, -0.2) is 4.79 Å². The molecule has 0 N–H and O–H groups in total. The number of rotatable bonds is 6. The molecular formula is C19H20Cl2N2O4. The second kappa shape index (κ2) is 7.90. The lowest BCUT2D eigenvalue weighted by Gasteiger charge is -2.25. The van der Waals surface area contributed by atoms with E-state index in [1.54, 1.807) is 26.8 Å². The van der Waals surface area contributed by atoms with E-state index in [4.69, 9.17) is 32.5 Å². The Morgan fingerprint density at radius 1 is 1.30 bits per heavy atom. The zero-order valence-electron chi connectivity index (χ0n) is 15.3. The van der Waals surface area contributed by atoms with Gasteiger partial charge in [-0.15, -0.1) is 0 Å². The van der Waals surface area contributed by atoms with E-state index in [9.17, 15) is 9.59 Å². The number of ketones is 1. The first kappa shape index (κ1) is 19.7.